The smallest absolute Gasteiger partial charge is 0.321 e. The number of amides is 3. The van der Waals surface area contributed by atoms with Gasteiger partial charge in [-0.05, 0) is 97.3 Å². The minimum atomic E-state index is -0.258. The lowest BCUT2D eigenvalue weighted by atomic mass is 9.72. The molecule has 220 valence electrons. The largest absolute Gasteiger partial charge is 0.397 e. The van der Waals surface area contributed by atoms with Crippen LogP contribution in [0, 0.1) is 5.41 Å². The van der Waals surface area contributed by atoms with Crippen molar-refractivity contribution in [3.8, 4) is 11.1 Å². The zero-order valence-electron chi connectivity index (χ0n) is 24.5. The summed E-state index contributed by atoms with van der Waals surface area (Å²) in [6.07, 6.45) is 4.44. The summed E-state index contributed by atoms with van der Waals surface area (Å²) in [5.41, 5.74) is 12.0. The standard InChI is InChI=1S/C36H39N5O2/c37-32-17-14-30(28-10-5-2-6-11-28)24-33(32)39-34(42)29-12-15-31(16-13-29)38-35(43)41-21-7-18-36(26-41)19-22-40(23-20-36)25-27-8-3-1-4-9-27/h1-6,8-17,24H,7,18-23,25-26,37H2,(H,38,43)(H,39,42). The maximum absolute atomic E-state index is 13.3. The Labute approximate surface area is 253 Å². The van der Waals surface area contributed by atoms with Gasteiger partial charge < -0.3 is 21.3 Å². The predicted molar refractivity (Wildman–Crippen MR) is 174 cm³/mol. The molecule has 3 amide bonds. The highest BCUT2D eigenvalue weighted by Gasteiger charge is 2.39. The zero-order chi connectivity index (χ0) is 29.6. The van der Waals surface area contributed by atoms with E-state index in [1.54, 1.807) is 30.3 Å². The van der Waals surface area contributed by atoms with Crippen LogP contribution in [0.25, 0.3) is 11.1 Å². The van der Waals surface area contributed by atoms with Gasteiger partial charge in [0.25, 0.3) is 5.91 Å². The molecule has 0 saturated carbocycles. The Kier molecular flexibility index (Phi) is 8.43. The number of carbonyl (C=O) groups is 2. The molecule has 4 aromatic rings. The number of benzene rings is 4. The number of anilines is 3. The van der Waals surface area contributed by atoms with Gasteiger partial charge in [0.1, 0.15) is 0 Å². The van der Waals surface area contributed by atoms with Crippen molar-refractivity contribution in [1.29, 1.82) is 0 Å². The SMILES string of the molecule is Nc1ccc(-c2ccccc2)cc1NC(=O)c1ccc(NC(=O)N2CCCC3(CCN(Cc4ccccc4)CC3)C2)cc1. The fourth-order valence-electron chi connectivity index (χ4n) is 6.39. The van der Waals surface area contributed by atoms with Crippen LogP contribution in [0.4, 0.5) is 21.9 Å². The minimum Gasteiger partial charge on any atom is -0.397 e. The monoisotopic (exact) mass is 573 g/mol. The van der Waals surface area contributed by atoms with Crippen molar-refractivity contribution in [2.45, 2.75) is 32.2 Å². The van der Waals surface area contributed by atoms with E-state index in [9.17, 15) is 9.59 Å². The van der Waals surface area contributed by atoms with E-state index < -0.39 is 0 Å². The average molecular weight is 574 g/mol. The Bertz CT molecular complexity index is 1550. The van der Waals surface area contributed by atoms with E-state index in [0.29, 0.717) is 22.6 Å². The third-order valence-electron chi connectivity index (χ3n) is 8.92. The molecule has 0 bridgehead atoms. The van der Waals surface area contributed by atoms with Crippen molar-refractivity contribution in [1.82, 2.24) is 9.80 Å². The Morgan fingerprint density at radius 3 is 2.16 bits per heavy atom. The highest BCUT2D eigenvalue weighted by Crippen LogP contribution is 2.40. The molecule has 4 N–H and O–H groups in total. The maximum Gasteiger partial charge on any atom is 0.321 e. The van der Waals surface area contributed by atoms with Crippen LogP contribution < -0.4 is 16.4 Å². The Hall–Kier alpha value is -4.62. The molecule has 0 radical (unpaired) electrons. The number of piperidine rings is 2. The highest BCUT2D eigenvalue weighted by molar-refractivity contribution is 6.06. The van der Waals surface area contributed by atoms with Crippen LogP contribution in [0.3, 0.4) is 0 Å². The van der Waals surface area contributed by atoms with E-state index in [4.69, 9.17) is 5.73 Å². The fraction of sp³-hybridized carbons (Fsp3) is 0.278. The summed E-state index contributed by atoms with van der Waals surface area (Å²) in [6.45, 7) is 4.68. The fourth-order valence-corrected chi connectivity index (χ4v) is 6.39. The first-order valence-electron chi connectivity index (χ1n) is 15.2. The first-order valence-corrected chi connectivity index (χ1v) is 15.2. The molecular formula is C36H39N5O2. The number of hydrogen-bond acceptors (Lipinski definition) is 4. The topological polar surface area (TPSA) is 90.7 Å². The Morgan fingerprint density at radius 2 is 1.44 bits per heavy atom. The van der Waals surface area contributed by atoms with E-state index in [1.165, 1.54) is 12.0 Å². The first kappa shape index (κ1) is 28.5. The molecule has 0 unspecified atom stereocenters. The van der Waals surface area contributed by atoms with E-state index in [2.05, 4.69) is 45.9 Å². The summed E-state index contributed by atoms with van der Waals surface area (Å²) in [5, 5.41) is 5.99. The molecular weight excluding hydrogens is 534 g/mol. The number of likely N-dealkylation sites (tertiary alicyclic amines) is 2. The second-order valence-corrected chi connectivity index (χ2v) is 11.9. The number of nitrogens with zero attached hydrogens (tertiary/aromatic N) is 2. The molecule has 6 rings (SSSR count). The quantitative estimate of drug-likeness (QED) is 0.215. The number of carbonyl (C=O) groups excluding carboxylic acids is 2. The molecule has 2 aliphatic rings. The van der Waals surface area contributed by atoms with E-state index in [0.717, 1.165) is 63.1 Å². The third-order valence-corrected chi connectivity index (χ3v) is 8.92. The molecule has 0 aromatic heterocycles. The molecule has 2 fully saturated rings. The number of urea groups is 1. The van der Waals surface area contributed by atoms with Gasteiger partial charge in [-0.1, -0.05) is 66.7 Å². The van der Waals surface area contributed by atoms with Gasteiger partial charge in [0.2, 0.25) is 0 Å². The molecule has 7 nitrogen and oxygen atoms in total. The van der Waals surface area contributed by atoms with Crippen LogP contribution in [-0.2, 0) is 6.54 Å². The Morgan fingerprint density at radius 1 is 0.744 bits per heavy atom. The van der Waals surface area contributed by atoms with Gasteiger partial charge in [-0.2, -0.15) is 0 Å². The number of nitrogens with one attached hydrogen (secondary N) is 2. The van der Waals surface area contributed by atoms with Crippen molar-refractivity contribution in [2.75, 3.05) is 42.5 Å². The van der Waals surface area contributed by atoms with Crippen LogP contribution in [0.2, 0.25) is 0 Å². The van der Waals surface area contributed by atoms with Crippen LogP contribution in [0.1, 0.15) is 41.6 Å². The lowest BCUT2D eigenvalue weighted by molar-refractivity contribution is 0.0375. The summed E-state index contributed by atoms with van der Waals surface area (Å²) < 4.78 is 0. The summed E-state index contributed by atoms with van der Waals surface area (Å²) in [5.74, 6) is -0.258. The predicted octanol–water partition coefficient (Wildman–Crippen LogP) is 7.10. The molecule has 4 aromatic carbocycles. The summed E-state index contributed by atoms with van der Waals surface area (Å²) in [4.78, 5) is 30.8. The van der Waals surface area contributed by atoms with Crippen LogP contribution in [-0.4, -0.2) is 47.9 Å². The number of nitrogen functional groups attached to an aromatic ring is 1. The lowest BCUT2D eigenvalue weighted by Gasteiger charge is -2.47. The van der Waals surface area contributed by atoms with Gasteiger partial charge in [-0.25, -0.2) is 4.79 Å². The molecule has 2 aliphatic heterocycles. The zero-order valence-corrected chi connectivity index (χ0v) is 24.5. The van der Waals surface area contributed by atoms with Gasteiger partial charge in [-0.3, -0.25) is 9.69 Å². The average Bonchev–Trinajstić information content (AvgIpc) is 3.04. The van der Waals surface area contributed by atoms with Crippen molar-refractivity contribution >= 4 is 29.0 Å². The highest BCUT2D eigenvalue weighted by atomic mass is 16.2. The van der Waals surface area contributed by atoms with Gasteiger partial charge in [0.05, 0.1) is 11.4 Å². The molecule has 1 spiro atoms. The van der Waals surface area contributed by atoms with Gasteiger partial charge in [-0.15, -0.1) is 0 Å². The first-order chi connectivity index (χ1) is 21.0. The van der Waals surface area contributed by atoms with E-state index in [-0.39, 0.29) is 17.4 Å². The minimum absolute atomic E-state index is 0.0755. The number of rotatable bonds is 6. The third kappa shape index (κ3) is 6.89. The molecule has 7 heteroatoms. The number of nitrogens with two attached hydrogens (primary N) is 1. The molecule has 0 aliphatic carbocycles. The van der Waals surface area contributed by atoms with Crippen molar-refractivity contribution in [2.24, 2.45) is 5.41 Å². The molecule has 2 heterocycles. The molecule has 2 saturated heterocycles. The number of hydrogen-bond donors (Lipinski definition) is 3. The lowest BCUT2D eigenvalue weighted by Crippen LogP contribution is -2.51. The van der Waals surface area contributed by atoms with Crippen LogP contribution in [0.5, 0.6) is 0 Å². The molecule has 43 heavy (non-hydrogen) atoms. The van der Waals surface area contributed by atoms with Crippen LogP contribution >= 0.6 is 0 Å². The summed E-state index contributed by atoms with van der Waals surface area (Å²) in [7, 11) is 0. The van der Waals surface area contributed by atoms with Gasteiger partial charge in [0.15, 0.2) is 0 Å². The van der Waals surface area contributed by atoms with Crippen molar-refractivity contribution < 1.29 is 9.59 Å². The normalized spacial score (nSPS) is 16.5. The van der Waals surface area contributed by atoms with Gasteiger partial charge >= 0.3 is 6.03 Å². The summed E-state index contributed by atoms with van der Waals surface area (Å²) in [6, 6.07) is 33.2. The van der Waals surface area contributed by atoms with E-state index in [1.807, 2.05) is 47.4 Å². The van der Waals surface area contributed by atoms with Crippen molar-refractivity contribution in [3.05, 3.63) is 114 Å². The van der Waals surface area contributed by atoms with Crippen LogP contribution in [0.15, 0.2) is 103 Å². The second kappa shape index (κ2) is 12.7. The second-order valence-electron chi connectivity index (χ2n) is 11.9. The van der Waals surface area contributed by atoms with Gasteiger partial charge in [0, 0.05) is 30.9 Å². The Balaban J connectivity index is 1.03. The summed E-state index contributed by atoms with van der Waals surface area (Å²) >= 11 is 0. The molecule has 0 atom stereocenters. The maximum atomic E-state index is 13.3. The van der Waals surface area contributed by atoms with Crippen molar-refractivity contribution in [3.63, 3.8) is 0 Å². The van der Waals surface area contributed by atoms with E-state index >= 15 is 0 Å².